The van der Waals surface area contributed by atoms with Gasteiger partial charge in [-0.05, 0) is 37.7 Å². The minimum Gasteiger partial charge on any atom is -0.334 e. The van der Waals surface area contributed by atoms with Gasteiger partial charge in [-0.3, -0.25) is 4.79 Å². The zero-order chi connectivity index (χ0) is 15.2. The largest absolute Gasteiger partial charge is 0.334 e. The number of amides is 1. The molecule has 0 heterocycles. The van der Waals surface area contributed by atoms with Gasteiger partial charge in [0, 0.05) is 12.6 Å². The Kier molecular flexibility index (Phi) is 5.80. The van der Waals surface area contributed by atoms with Gasteiger partial charge in [0.2, 0.25) is 5.91 Å². The Morgan fingerprint density at radius 3 is 2.57 bits per heavy atom. The number of carbonyl (C=O) groups excluding carboxylic acids is 1. The number of hydrogen-bond donors (Lipinski definition) is 1. The molecule has 0 aromatic heterocycles. The first-order valence-corrected chi connectivity index (χ1v) is 8.23. The van der Waals surface area contributed by atoms with Crippen LogP contribution < -0.4 is 5.73 Å². The van der Waals surface area contributed by atoms with Gasteiger partial charge >= 0.3 is 0 Å². The van der Waals surface area contributed by atoms with Crippen LogP contribution in [-0.4, -0.2) is 22.9 Å². The Morgan fingerprint density at radius 2 is 2.00 bits per heavy atom. The summed E-state index contributed by atoms with van der Waals surface area (Å²) in [6.45, 7) is 4.98. The maximum absolute atomic E-state index is 12.7. The number of benzene rings is 1. The molecule has 0 aliphatic heterocycles. The standard InChI is InChI=1S/C18H28N2O/c1-3-4-10-17(19)18(21)20(14(2)16-11-12-16)13-15-8-6-5-7-9-15/h5-9,14,16-17H,3-4,10-13,19H2,1-2H3/t14?,17-/m0/s1. The van der Waals surface area contributed by atoms with Gasteiger partial charge in [-0.1, -0.05) is 50.1 Å². The molecule has 0 spiro atoms. The topological polar surface area (TPSA) is 46.3 Å². The van der Waals surface area contributed by atoms with Crippen LogP contribution in [0.15, 0.2) is 30.3 Å². The summed E-state index contributed by atoms with van der Waals surface area (Å²) in [5.41, 5.74) is 7.31. The summed E-state index contributed by atoms with van der Waals surface area (Å²) >= 11 is 0. The molecule has 1 saturated carbocycles. The Bertz CT molecular complexity index is 442. The number of rotatable bonds is 8. The molecule has 1 aliphatic rings. The minimum absolute atomic E-state index is 0.117. The van der Waals surface area contributed by atoms with Crippen LogP contribution in [-0.2, 0) is 11.3 Å². The second kappa shape index (κ2) is 7.60. The molecule has 116 valence electrons. The van der Waals surface area contributed by atoms with Crippen LogP contribution in [0.25, 0.3) is 0 Å². The molecule has 1 amide bonds. The van der Waals surface area contributed by atoms with E-state index >= 15 is 0 Å². The molecule has 1 aromatic rings. The van der Waals surface area contributed by atoms with Crippen molar-refractivity contribution in [1.29, 1.82) is 0 Å². The third-order valence-electron chi connectivity index (χ3n) is 4.46. The van der Waals surface area contributed by atoms with Crippen LogP contribution in [0.2, 0.25) is 0 Å². The molecular formula is C18H28N2O. The third-order valence-corrected chi connectivity index (χ3v) is 4.46. The van der Waals surface area contributed by atoms with Gasteiger partial charge in [-0.15, -0.1) is 0 Å². The third kappa shape index (κ3) is 4.57. The highest BCUT2D eigenvalue weighted by Gasteiger charge is 2.35. The molecule has 2 N–H and O–H groups in total. The summed E-state index contributed by atoms with van der Waals surface area (Å²) in [6.07, 6.45) is 5.37. The normalized spacial score (nSPS) is 17.3. The average molecular weight is 288 g/mol. The van der Waals surface area contributed by atoms with Crippen molar-refractivity contribution >= 4 is 5.91 Å². The molecule has 2 rings (SSSR count). The highest BCUT2D eigenvalue weighted by Crippen LogP contribution is 2.36. The Morgan fingerprint density at radius 1 is 1.33 bits per heavy atom. The van der Waals surface area contributed by atoms with E-state index in [0.29, 0.717) is 18.5 Å². The van der Waals surface area contributed by atoms with Gasteiger partial charge < -0.3 is 10.6 Å². The monoisotopic (exact) mass is 288 g/mol. The van der Waals surface area contributed by atoms with E-state index in [9.17, 15) is 4.79 Å². The van der Waals surface area contributed by atoms with E-state index in [1.165, 1.54) is 18.4 Å². The zero-order valence-corrected chi connectivity index (χ0v) is 13.3. The lowest BCUT2D eigenvalue weighted by atomic mass is 10.1. The number of hydrogen-bond acceptors (Lipinski definition) is 2. The van der Waals surface area contributed by atoms with Gasteiger partial charge in [0.05, 0.1) is 6.04 Å². The number of carbonyl (C=O) groups is 1. The van der Waals surface area contributed by atoms with Gasteiger partial charge in [0.1, 0.15) is 0 Å². The van der Waals surface area contributed by atoms with Crippen molar-refractivity contribution in [3.8, 4) is 0 Å². The van der Waals surface area contributed by atoms with Crippen molar-refractivity contribution in [3.63, 3.8) is 0 Å². The van der Waals surface area contributed by atoms with Crippen LogP contribution in [0.1, 0.15) is 51.5 Å². The second-order valence-electron chi connectivity index (χ2n) is 6.28. The maximum atomic E-state index is 12.7. The van der Waals surface area contributed by atoms with Crippen molar-refractivity contribution in [2.24, 2.45) is 11.7 Å². The number of nitrogens with two attached hydrogens (primary N) is 1. The van der Waals surface area contributed by atoms with Crippen LogP contribution in [0.4, 0.5) is 0 Å². The van der Waals surface area contributed by atoms with Crippen molar-refractivity contribution in [2.45, 2.75) is 64.6 Å². The quantitative estimate of drug-likeness (QED) is 0.797. The van der Waals surface area contributed by atoms with Crippen LogP contribution in [0.5, 0.6) is 0 Å². The van der Waals surface area contributed by atoms with E-state index in [4.69, 9.17) is 5.73 Å². The summed E-state index contributed by atoms with van der Waals surface area (Å²) in [7, 11) is 0. The molecule has 0 bridgehead atoms. The lowest BCUT2D eigenvalue weighted by Gasteiger charge is -2.32. The minimum atomic E-state index is -0.352. The van der Waals surface area contributed by atoms with Gasteiger partial charge in [0.25, 0.3) is 0 Å². The first-order valence-electron chi connectivity index (χ1n) is 8.23. The first-order chi connectivity index (χ1) is 10.1. The van der Waals surface area contributed by atoms with Crippen LogP contribution in [0, 0.1) is 5.92 Å². The van der Waals surface area contributed by atoms with E-state index < -0.39 is 0 Å². The van der Waals surface area contributed by atoms with Gasteiger partial charge in [0.15, 0.2) is 0 Å². The first kappa shape index (κ1) is 16.0. The average Bonchev–Trinajstić information content (AvgIpc) is 3.34. The van der Waals surface area contributed by atoms with Crippen LogP contribution in [0.3, 0.4) is 0 Å². The molecule has 1 aromatic carbocycles. The lowest BCUT2D eigenvalue weighted by molar-refractivity contribution is -0.136. The maximum Gasteiger partial charge on any atom is 0.240 e. The van der Waals surface area contributed by atoms with Crippen molar-refractivity contribution in [2.75, 3.05) is 0 Å². The Labute approximate surface area is 128 Å². The van der Waals surface area contributed by atoms with Gasteiger partial charge in [-0.25, -0.2) is 0 Å². The molecule has 21 heavy (non-hydrogen) atoms. The fourth-order valence-electron chi connectivity index (χ4n) is 2.80. The second-order valence-corrected chi connectivity index (χ2v) is 6.28. The SMILES string of the molecule is CCCC[C@H](N)C(=O)N(Cc1ccccc1)C(C)C1CC1. The summed E-state index contributed by atoms with van der Waals surface area (Å²) in [6, 6.07) is 10.2. The Hall–Kier alpha value is -1.35. The lowest BCUT2D eigenvalue weighted by Crippen LogP contribution is -2.48. The molecule has 2 atom stereocenters. The fourth-order valence-corrected chi connectivity index (χ4v) is 2.80. The summed E-state index contributed by atoms with van der Waals surface area (Å²) in [5.74, 6) is 0.780. The number of unbranched alkanes of at least 4 members (excludes halogenated alkanes) is 1. The summed E-state index contributed by atoms with van der Waals surface area (Å²) in [5, 5.41) is 0. The predicted molar refractivity (Wildman–Crippen MR) is 86.7 cm³/mol. The molecule has 0 saturated heterocycles. The molecule has 0 radical (unpaired) electrons. The van der Waals surface area contributed by atoms with Crippen LogP contribution >= 0.6 is 0 Å². The molecule has 1 fully saturated rings. The van der Waals surface area contributed by atoms with Crippen molar-refractivity contribution in [1.82, 2.24) is 4.90 Å². The summed E-state index contributed by atoms with van der Waals surface area (Å²) in [4.78, 5) is 14.7. The molecule has 1 unspecified atom stereocenters. The van der Waals surface area contributed by atoms with Crippen molar-refractivity contribution < 1.29 is 4.79 Å². The highest BCUT2D eigenvalue weighted by atomic mass is 16.2. The van der Waals surface area contributed by atoms with Gasteiger partial charge in [-0.2, -0.15) is 0 Å². The predicted octanol–water partition coefficient (Wildman–Crippen LogP) is 3.33. The fraction of sp³-hybridized carbons (Fsp3) is 0.611. The van der Waals surface area contributed by atoms with E-state index in [-0.39, 0.29) is 11.9 Å². The molecular weight excluding hydrogens is 260 g/mol. The molecule has 3 nitrogen and oxygen atoms in total. The van der Waals surface area contributed by atoms with Crippen molar-refractivity contribution in [3.05, 3.63) is 35.9 Å². The number of nitrogens with zero attached hydrogens (tertiary/aromatic N) is 1. The van der Waals surface area contributed by atoms with E-state index in [1.807, 2.05) is 23.1 Å². The molecule has 3 heteroatoms. The molecule has 1 aliphatic carbocycles. The van der Waals surface area contributed by atoms with E-state index in [1.54, 1.807) is 0 Å². The smallest absolute Gasteiger partial charge is 0.240 e. The Balaban J connectivity index is 2.06. The summed E-state index contributed by atoms with van der Waals surface area (Å²) < 4.78 is 0. The van der Waals surface area contributed by atoms with E-state index in [0.717, 1.165) is 19.3 Å². The highest BCUT2D eigenvalue weighted by molar-refractivity contribution is 5.82. The van der Waals surface area contributed by atoms with E-state index in [2.05, 4.69) is 26.0 Å². The zero-order valence-electron chi connectivity index (χ0n) is 13.3.